The lowest BCUT2D eigenvalue weighted by Gasteiger charge is -2.32. The molecule has 2 atom stereocenters. The van der Waals surface area contributed by atoms with E-state index in [1.54, 1.807) is 12.4 Å². The van der Waals surface area contributed by atoms with Crippen molar-refractivity contribution in [2.24, 2.45) is 23.5 Å². The second-order valence-corrected chi connectivity index (χ2v) is 6.20. The predicted molar refractivity (Wildman–Crippen MR) is 77.2 cm³/mol. The Labute approximate surface area is 119 Å². The van der Waals surface area contributed by atoms with Crippen molar-refractivity contribution in [1.29, 1.82) is 0 Å². The lowest BCUT2D eigenvalue weighted by molar-refractivity contribution is 0.342. The molecule has 2 heterocycles. The minimum absolute atomic E-state index is 0.598. The molecule has 1 saturated heterocycles. The summed E-state index contributed by atoms with van der Waals surface area (Å²) in [6, 6.07) is 0. The van der Waals surface area contributed by atoms with Gasteiger partial charge in [-0.1, -0.05) is 11.6 Å². The molecule has 3 rings (SSSR count). The van der Waals surface area contributed by atoms with E-state index in [4.69, 9.17) is 17.3 Å². The van der Waals surface area contributed by atoms with Crippen molar-refractivity contribution < 1.29 is 0 Å². The molecular formula is C14H21ClN4. The van der Waals surface area contributed by atoms with Crippen LogP contribution in [0, 0.1) is 17.8 Å². The van der Waals surface area contributed by atoms with Crippen LogP contribution in [0.15, 0.2) is 12.4 Å². The van der Waals surface area contributed by atoms with Crippen LogP contribution in [0.5, 0.6) is 0 Å². The van der Waals surface area contributed by atoms with E-state index in [0.717, 1.165) is 43.3 Å². The quantitative estimate of drug-likeness (QED) is 0.920. The van der Waals surface area contributed by atoms with E-state index in [2.05, 4.69) is 14.9 Å². The SMILES string of the molecule is NCCC1CC1C1CCN(c2ncc(Cl)cn2)CC1. The zero-order chi connectivity index (χ0) is 13.2. The van der Waals surface area contributed by atoms with E-state index < -0.39 is 0 Å². The smallest absolute Gasteiger partial charge is 0.225 e. The number of piperidine rings is 1. The van der Waals surface area contributed by atoms with Gasteiger partial charge < -0.3 is 10.6 Å². The molecule has 2 unspecified atom stereocenters. The molecule has 104 valence electrons. The normalized spacial score (nSPS) is 27.6. The average Bonchev–Trinajstić information content (AvgIpc) is 3.20. The van der Waals surface area contributed by atoms with E-state index >= 15 is 0 Å². The van der Waals surface area contributed by atoms with Gasteiger partial charge in [-0.15, -0.1) is 0 Å². The fourth-order valence-corrected chi connectivity index (χ4v) is 3.49. The second kappa shape index (κ2) is 5.63. The topological polar surface area (TPSA) is 55.0 Å². The average molecular weight is 281 g/mol. The Morgan fingerprint density at radius 2 is 1.95 bits per heavy atom. The Hall–Kier alpha value is -0.870. The lowest BCUT2D eigenvalue weighted by atomic mass is 9.90. The summed E-state index contributed by atoms with van der Waals surface area (Å²) >= 11 is 5.82. The molecule has 1 saturated carbocycles. The predicted octanol–water partition coefficient (Wildman–Crippen LogP) is 2.33. The number of hydrogen-bond donors (Lipinski definition) is 1. The minimum atomic E-state index is 0.598. The van der Waals surface area contributed by atoms with Crippen molar-refractivity contribution in [2.75, 3.05) is 24.5 Å². The summed E-state index contributed by atoms with van der Waals surface area (Å²) in [4.78, 5) is 10.9. The maximum Gasteiger partial charge on any atom is 0.225 e. The molecule has 1 aromatic heterocycles. The molecule has 0 amide bonds. The summed E-state index contributed by atoms with van der Waals surface area (Å²) in [5.74, 6) is 3.56. The zero-order valence-corrected chi connectivity index (χ0v) is 11.9. The van der Waals surface area contributed by atoms with Crippen LogP contribution < -0.4 is 10.6 Å². The van der Waals surface area contributed by atoms with Gasteiger partial charge in [0, 0.05) is 13.1 Å². The third kappa shape index (κ3) is 3.00. The molecular weight excluding hydrogens is 260 g/mol. The molecule has 2 fully saturated rings. The molecule has 1 aliphatic carbocycles. The van der Waals surface area contributed by atoms with E-state index in [9.17, 15) is 0 Å². The van der Waals surface area contributed by atoms with E-state index in [0.29, 0.717) is 5.02 Å². The first-order chi connectivity index (χ1) is 9.28. The maximum absolute atomic E-state index is 5.82. The number of halogens is 1. The van der Waals surface area contributed by atoms with Gasteiger partial charge in [-0.25, -0.2) is 9.97 Å². The van der Waals surface area contributed by atoms with Gasteiger partial charge in [-0.05, 0) is 50.0 Å². The van der Waals surface area contributed by atoms with Crippen LogP contribution in [-0.2, 0) is 0 Å². The van der Waals surface area contributed by atoms with Crippen molar-refractivity contribution in [3.05, 3.63) is 17.4 Å². The fourth-order valence-electron chi connectivity index (χ4n) is 3.39. The number of nitrogens with two attached hydrogens (primary N) is 1. The molecule has 5 heteroatoms. The molecule has 2 N–H and O–H groups in total. The first-order valence-corrected chi connectivity index (χ1v) is 7.58. The van der Waals surface area contributed by atoms with Crippen LogP contribution in [0.2, 0.25) is 5.02 Å². The monoisotopic (exact) mass is 280 g/mol. The molecule has 0 spiro atoms. The highest BCUT2D eigenvalue weighted by atomic mass is 35.5. The number of hydrogen-bond acceptors (Lipinski definition) is 4. The van der Waals surface area contributed by atoms with Crippen molar-refractivity contribution >= 4 is 17.5 Å². The highest BCUT2D eigenvalue weighted by molar-refractivity contribution is 6.30. The van der Waals surface area contributed by atoms with Crippen LogP contribution in [0.4, 0.5) is 5.95 Å². The summed E-state index contributed by atoms with van der Waals surface area (Å²) in [7, 11) is 0. The molecule has 2 aliphatic rings. The van der Waals surface area contributed by atoms with Crippen LogP contribution in [-0.4, -0.2) is 29.6 Å². The van der Waals surface area contributed by atoms with Gasteiger partial charge in [0.2, 0.25) is 5.95 Å². The van der Waals surface area contributed by atoms with E-state index in [1.165, 1.54) is 25.7 Å². The van der Waals surface area contributed by atoms with Crippen molar-refractivity contribution in [2.45, 2.75) is 25.7 Å². The van der Waals surface area contributed by atoms with Gasteiger partial charge in [-0.2, -0.15) is 0 Å². The largest absolute Gasteiger partial charge is 0.341 e. The molecule has 0 bridgehead atoms. The third-order valence-corrected chi connectivity index (χ3v) is 4.74. The van der Waals surface area contributed by atoms with Crippen LogP contribution in [0.3, 0.4) is 0 Å². The van der Waals surface area contributed by atoms with Crippen LogP contribution in [0.25, 0.3) is 0 Å². The van der Waals surface area contributed by atoms with Crippen molar-refractivity contribution in [3.8, 4) is 0 Å². The van der Waals surface area contributed by atoms with Gasteiger partial charge in [0.15, 0.2) is 0 Å². The van der Waals surface area contributed by atoms with Gasteiger partial charge in [0.05, 0.1) is 17.4 Å². The van der Waals surface area contributed by atoms with Gasteiger partial charge in [-0.3, -0.25) is 0 Å². The summed E-state index contributed by atoms with van der Waals surface area (Å²) in [5.41, 5.74) is 5.64. The summed E-state index contributed by atoms with van der Waals surface area (Å²) in [6.45, 7) is 2.98. The Balaban J connectivity index is 1.51. The highest BCUT2D eigenvalue weighted by Crippen LogP contribution is 2.49. The maximum atomic E-state index is 5.82. The minimum Gasteiger partial charge on any atom is -0.341 e. The molecule has 1 aromatic rings. The third-order valence-electron chi connectivity index (χ3n) is 4.55. The van der Waals surface area contributed by atoms with Crippen LogP contribution >= 0.6 is 11.6 Å². The number of rotatable bonds is 4. The van der Waals surface area contributed by atoms with E-state index in [-0.39, 0.29) is 0 Å². The first-order valence-electron chi connectivity index (χ1n) is 7.20. The molecule has 19 heavy (non-hydrogen) atoms. The van der Waals surface area contributed by atoms with Gasteiger partial charge in [0.25, 0.3) is 0 Å². The van der Waals surface area contributed by atoms with Gasteiger partial charge >= 0.3 is 0 Å². The van der Waals surface area contributed by atoms with Crippen molar-refractivity contribution in [1.82, 2.24) is 9.97 Å². The molecule has 0 aromatic carbocycles. The van der Waals surface area contributed by atoms with Crippen LogP contribution in [0.1, 0.15) is 25.7 Å². The Kier molecular flexibility index (Phi) is 3.89. The Bertz CT molecular complexity index is 414. The summed E-state index contributed by atoms with van der Waals surface area (Å²) in [6.07, 6.45) is 8.49. The fraction of sp³-hybridized carbons (Fsp3) is 0.714. The molecule has 1 aliphatic heterocycles. The second-order valence-electron chi connectivity index (χ2n) is 5.76. The summed E-state index contributed by atoms with van der Waals surface area (Å²) in [5, 5.41) is 0.598. The standard InChI is InChI=1S/C14H21ClN4/c15-12-8-17-14(18-9-12)19-5-2-10(3-6-19)13-7-11(13)1-4-16/h8-11,13H,1-7,16H2. The number of nitrogens with zero attached hydrogens (tertiary/aromatic N) is 3. The van der Waals surface area contributed by atoms with Crippen molar-refractivity contribution in [3.63, 3.8) is 0 Å². The Morgan fingerprint density at radius 3 is 2.58 bits per heavy atom. The Morgan fingerprint density at radius 1 is 1.26 bits per heavy atom. The summed E-state index contributed by atoms with van der Waals surface area (Å²) < 4.78 is 0. The zero-order valence-electron chi connectivity index (χ0n) is 11.1. The van der Waals surface area contributed by atoms with E-state index in [1.807, 2.05) is 0 Å². The number of anilines is 1. The highest BCUT2D eigenvalue weighted by Gasteiger charge is 2.42. The first kappa shape index (κ1) is 13.1. The van der Waals surface area contributed by atoms with Gasteiger partial charge in [0.1, 0.15) is 0 Å². The number of aromatic nitrogens is 2. The molecule has 4 nitrogen and oxygen atoms in total. The molecule has 0 radical (unpaired) electrons. The lowest BCUT2D eigenvalue weighted by Crippen LogP contribution is -2.35.